The SMILES string of the molecule is Cc1ccc(CN2C(=O)/C(=C(\C#N)C(=O)O)c3cc(Br)ccc32)cc1. The van der Waals surface area contributed by atoms with Crippen LogP contribution in [0.3, 0.4) is 0 Å². The van der Waals surface area contributed by atoms with Gasteiger partial charge in [0.05, 0.1) is 17.8 Å². The molecule has 1 heterocycles. The highest BCUT2D eigenvalue weighted by molar-refractivity contribution is 9.10. The maximum absolute atomic E-state index is 12.9. The summed E-state index contributed by atoms with van der Waals surface area (Å²) in [4.78, 5) is 25.8. The van der Waals surface area contributed by atoms with Gasteiger partial charge in [-0.1, -0.05) is 45.8 Å². The van der Waals surface area contributed by atoms with Gasteiger partial charge in [-0.3, -0.25) is 4.79 Å². The second kappa shape index (κ2) is 6.54. The molecule has 1 N–H and O–H groups in total. The highest BCUT2D eigenvalue weighted by Crippen LogP contribution is 2.40. The maximum Gasteiger partial charge on any atom is 0.347 e. The summed E-state index contributed by atoms with van der Waals surface area (Å²) in [6, 6.07) is 14.6. The molecule has 2 aromatic rings. The lowest BCUT2D eigenvalue weighted by Gasteiger charge is -2.17. The number of aryl methyl sites for hydroxylation is 1. The minimum absolute atomic E-state index is 0.0709. The van der Waals surface area contributed by atoms with Crippen LogP contribution in [-0.4, -0.2) is 17.0 Å². The van der Waals surface area contributed by atoms with E-state index in [4.69, 9.17) is 0 Å². The molecule has 2 aromatic carbocycles. The minimum Gasteiger partial charge on any atom is -0.477 e. The van der Waals surface area contributed by atoms with Gasteiger partial charge in [0.2, 0.25) is 0 Å². The Bertz CT molecular complexity index is 956. The van der Waals surface area contributed by atoms with Crippen LogP contribution in [0.1, 0.15) is 16.7 Å². The third-order valence-corrected chi connectivity index (χ3v) is 4.51. The van der Waals surface area contributed by atoms with Crippen LogP contribution in [0.2, 0.25) is 0 Å². The molecule has 5 nitrogen and oxygen atoms in total. The van der Waals surface area contributed by atoms with E-state index in [1.165, 1.54) is 4.90 Å². The molecule has 0 fully saturated rings. The summed E-state index contributed by atoms with van der Waals surface area (Å²) in [6.07, 6.45) is 0. The van der Waals surface area contributed by atoms with E-state index in [0.717, 1.165) is 11.1 Å². The van der Waals surface area contributed by atoms with E-state index in [2.05, 4.69) is 15.9 Å². The lowest BCUT2D eigenvalue weighted by Crippen LogP contribution is -2.26. The summed E-state index contributed by atoms with van der Waals surface area (Å²) in [7, 11) is 0. The molecule has 0 saturated carbocycles. The lowest BCUT2D eigenvalue weighted by molar-refractivity contribution is -0.132. The van der Waals surface area contributed by atoms with Gasteiger partial charge in [0.1, 0.15) is 6.07 Å². The molecule has 0 unspecified atom stereocenters. The molecule has 1 amide bonds. The Balaban J connectivity index is 2.14. The van der Waals surface area contributed by atoms with Crippen LogP contribution in [0.15, 0.2) is 52.5 Å². The molecule has 0 radical (unpaired) electrons. The molecule has 0 aliphatic carbocycles. The number of carboxylic acids is 1. The molecular weight excluding hydrogens is 384 g/mol. The number of fused-ring (bicyclic) bond motifs is 1. The molecule has 1 aliphatic rings. The molecule has 124 valence electrons. The smallest absolute Gasteiger partial charge is 0.347 e. The van der Waals surface area contributed by atoms with Crippen LogP contribution >= 0.6 is 15.9 Å². The second-order valence-corrected chi connectivity index (χ2v) is 6.62. The minimum atomic E-state index is -1.41. The predicted molar refractivity (Wildman–Crippen MR) is 96.7 cm³/mol. The Morgan fingerprint density at radius 2 is 1.92 bits per heavy atom. The fraction of sp³-hybridized carbons (Fsp3) is 0.105. The van der Waals surface area contributed by atoms with Gasteiger partial charge in [0.25, 0.3) is 5.91 Å². The van der Waals surface area contributed by atoms with Crippen molar-refractivity contribution < 1.29 is 14.7 Å². The average Bonchev–Trinajstić information content (AvgIpc) is 2.83. The second-order valence-electron chi connectivity index (χ2n) is 5.71. The van der Waals surface area contributed by atoms with Crippen LogP contribution in [0.4, 0.5) is 5.69 Å². The number of carbonyl (C=O) groups is 2. The third-order valence-electron chi connectivity index (χ3n) is 4.01. The van der Waals surface area contributed by atoms with Gasteiger partial charge in [-0.15, -0.1) is 0 Å². The van der Waals surface area contributed by atoms with E-state index in [1.54, 1.807) is 24.3 Å². The number of carboxylic acid groups (broad SMARTS) is 1. The first-order chi connectivity index (χ1) is 11.9. The summed E-state index contributed by atoms with van der Waals surface area (Å²) in [5, 5.41) is 18.5. The van der Waals surface area contributed by atoms with Crippen molar-refractivity contribution in [2.45, 2.75) is 13.5 Å². The number of rotatable bonds is 3. The van der Waals surface area contributed by atoms with Crippen molar-refractivity contribution in [3.8, 4) is 6.07 Å². The number of nitrogens with zero attached hydrogens (tertiary/aromatic N) is 2. The molecule has 6 heteroatoms. The van der Waals surface area contributed by atoms with Gasteiger partial charge in [-0.05, 0) is 30.7 Å². The quantitative estimate of drug-likeness (QED) is 0.633. The molecule has 3 rings (SSSR count). The van der Waals surface area contributed by atoms with Crippen molar-refractivity contribution in [2.24, 2.45) is 0 Å². The van der Waals surface area contributed by atoms with Crippen molar-refractivity contribution >= 4 is 39.1 Å². The summed E-state index contributed by atoms with van der Waals surface area (Å²) in [5.74, 6) is -1.89. The lowest BCUT2D eigenvalue weighted by atomic mass is 10.0. The van der Waals surface area contributed by atoms with Crippen LogP contribution in [0, 0.1) is 18.3 Å². The third kappa shape index (κ3) is 3.06. The van der Waals surface area contributed by atoms with Crippen LogP contribution in [-0.2, 0) is 16.1 Å². The molecular formula is C19H13BrN2O3. The van der Waals surface area contributed by atoms with E-state index >= 15 is 0 Å². The molecule has 0 atom stereocenters. The van der Waals surface area contributed by atoms with E-state index < -0.39 is 17.4 Å². The predicted octanol–water partition coefficient (Wildman–Crippen LogP) is 3.67. The Morgan fingerprint density at radius 3 is 2.52 bits per heavy atom. The summed E-state index contributed by atoms with van der Waals surface area (Å²) >= 11 is 3.33. The van der Waals surface area contributed by atoms with Crippen molar-refractivity contribution in [3.05, 3.63) is 69.2 Å². The van der Waals surface area contributed by atoms with Gasteiger partial charge >= 0.3 is 5.97 Å². The Kier molecular flexibility index (Phi) is 4.43. The Morgan fingerprint density at radius 1 is 1.24 bits per heavy atom. The zero-order valence-corrected chi connectivity index (χ0v) is 14.9. The fourth-order valence-electron chi connectivity index (χ4n) is 2.79. The normalized spacial score (nSPS) is 14.9. The molecule has 0 spiro atoms. The van der Waals surface area contributed by atoms with Gasteiger partial charge in [-0.2, -0.15) is 5.26 Å². The first-order valence-electron chi connectivity index (χ1n) is 7.47. The van der Waals surface area contributed by atoms with Crippen molar-refractivity contribution in [2.75, 3.05) is 4.90 Å². The highest BCUT2D eigenvalue weighted by atomic mass is 79.9. The molecule has 1 aliphatic heterocycles. The van der Waals surface area contributed by atoms with Crippen molar-refractivity contribution in [1.82, 2.24) is 0 Å². The van der Waals surface area contributed by atoms with Crippen LogP contribution in [0.5, 0.6) is 0 Å². The number of hydrogen-bond acceptors (Lipinski definition) is 3. The zero-order valence-electron chi connectivity index (χ0n) is 13.3. The summed E-state index contributed by atoms with van der Waals surface area (Å²) in [5.41, 5.74) is 2.46. The molecule has 25 heavy (non-hydrogen) atoms. The first-order valence-corrected chi connectivity index (χ1v) is 8.26. The van der Waals surface area contributed by atoms with Crippen LogP contribution < -0.4 is 4.90 Å². The Labute approximate surface area is 152 Å². The number of halogens is 1. The van der Waals surface area contributed by atoms with Gasteiger partial charge in [0, 0.05) is 10.0 Å². The zero-order chi connectivity index (χ0) is 18.1. The molecule has 0 saturated heterocycles. The summed E-state index contributed by atoms with van der Waals surface area (Å²) in [6.45, 7) is 2.28. The number of hydrogen-bond donors (Lipinski definition) is 1. The van der Waals surface area contributed by atoms with E-state index in [-0.39, 0.29) is 5.57 Å². The fourth-order valence-corrected chi connectivity index (χ4v) is 3.15. The summed E-state index contributed by atoms with van der Waals surface area (Å²) < 4.78 is 0.705. The number of amides is 1. The van der Waals surface area contributed by atoms with Gasteiger partial charge in [-0.25, -0.2) is 4.79 Å². The first kappa shape index (κ1) is 16.9. The van der Waals surface area contributed by atoms with E-state index in [9.17, 15) is 20.0 Å². The van der Waals surface area contributed by atoms with E-state index in [0.29, 0.717) is 22.3 Å². The van der Waals surface area contributed by atoms with Gasteiger partial charge in [0.15, 0.2) is 5.57 Å². The van der Waals surface area contributed by atoms with Crippen molar-refractivity contribution in [3.63, 3.8) is 0 Å². The molecule has 0 aromatic heterocycles. The maximum atomic E-state index is 12.9. The number of benzene rings is 2. The standard InChI is InChI=1S/C19H13BrN2O3/c1-11-2-4-12(5-3-11)10-22-16-7-6-13(20)8-14(16)17(18(22)23)15(9-21)19(24)25/h2-8H,10H2,1H3,(H,24,25)/b17-15+. The monoisotopic (exact) mass is 396 g/mol. The average molecular weight is 397 g/mol. The van der Waals surface area contributed by atoms with Crippen LogP contribution in [0.25, 0.3) is 5.57 Å². The number of carbonyl (C=O) groups excluding carboxylic acids is 1. The van der Waals surface area contributed by atoms with Gasteiger partial charge < -0.3 is 10.0 Å². The number of nitriles is 1. The number of aliphatic carboxylic acids is 1. The topological polar surface area (TPSA) is 81.4 Å². The Hall–Kier alpha value is -2.91. The molecule has 0 bridgehead atoms. The number of anilines is 1. The largest absolute Gasteiger partial charge is 0.477 e. The van der Waals surface area contributed by atoms with Crippen molar-refractivity contribution in [1.29, 1.82) is 5.26 Å². The van der Waals surface area contributed by atoms with E-state index in [1.807, 2.05) is 31.2 Å². The highest BCUT2D eigenvalue weighted by Gasteiger charge is 2.36.